The van der Waals surface area contributed by atoms with Crippen molar-refractivity contribution in [2.24, 2.45) is 11.3 Å². The SMILES string of the molecule is CCNC1C(CN2CCC(OCC)CC2)CCC1(C)C. The Kier molecular flexibility index (Phi) is 5.88. The fourth-order valence-corrected chi connectivity index (χ4v) is 4.20. The van der Waals surface area contributed by atoms with Gasteiger partial charge in [0.15, 0.2) is 0 Å². The van der Waals surface area contributed by atoms with Crippen molar-refractivity contribution >= 4 is 0 Å². The second-order valence-electron chi connectivity index (χ2n) is 7.28. The number of piperidine rings is 1. The lowest BCUT2D eigenvalue weighted by Crippen LogP contribution is -2.47. The van der Waals surface area contributed by atoms with Gasteiger partial charge in [0, 0.05) is 32.3 Å². The van der Waals surface area contributed by atoms with Crippen LogP contribution in [0.2, 0.25) is 0 Å². The van der Waals surface area contributed by atoms with Gasteiger partial charge in [0.2, 0.25) is 0 Å². The van der Waals surface area contributed by atoms with Crippen LogP contribution in [0.3, 0.4) is 0 Å². The standard InChI is InChI=1S/C17H34N2O/c1-5-18-16-14(7-10-17(16,3)4)13-19-11-8-15(9-12-19)20-6-2/h14-16,18H,5-13H2,1-4H3. The average molecular weight is 282 g/mol. The summed E-state index contributed by atoms with van der Waals surface area (Å²) in [6.45, 7) is 14.9. The largest absolute Gasteiger partial charge is 0.378 e. The van der Waals surface area contributed by atoms with Crippen molar-refractivity contribution in [3.8, 4) is 0 Å². The topological polar surface area (TPSA) is 24.5 Å². The molecule has 2 unspecified atom stereocenters. The predicted molar refractivity (Wildman–Crippen MR) is 85.1 cm³/mol. The van der Waals surface area contributed by atoms with Crippen LogP contribution in [0.5, 0.6) is 0 Å². The van der Waals surface area contributed by atoms with Crippen molar-refractivity contribution in [2.75, 3.05) is 32.8 Å². The normalized spacial score (nSPS) is 31.8. The quantitative estimate of drug-likeness (QED) is 0.811. The second-order valence-corrected chi connectivity index (χ2v) is 7.28. The fourth-order valence-electron chi connectivity index (χ4n) is 4.20. The zero-order chi connectivity index (χ0) is 14.6. The first-order valence-corrected chi connectivity index (χ1v) is 8.64. The summed E-state index contributed by atoms with van der Waals surface area (Å²) in [7, 11) is 0. The molecule has 1 saturated heterocycles. The van der Waals surface area contributed by atoms with E-state index in [-0.39, 0.29) is 0 Å². The first-order chi connectivity index (χ1) is 9.56. The van der Waals surface area contributed by atoms with E-state index < -0.39 is 0 Å². The van der Waals surface area contributed by atoms with Gasteiger partial charge in [-0.05, 0) is 50.5 Å². The molecule has 3 nitrogen and oxygen atoms in total. The first kappa shape index (κ1) is 16.3. The maximum Gasteiger partial charge on any atom is 0.0599 e. The summed E-state index contributed by atoms with van der Waals surface area (Å²) in [6.07, 6.45) is 5.70. The van der Waals surface area contributed by atoms with Gasteiger partial charge < -0.3 is 15.0 Å². The number of ether oxygens (including phenoxy) is 1. The average Bonchev–Trinajstić information content (AvgIpc) is 2.69. The molecule has 118 valence electrons. The summed E-state index contributed by atoms with van der Waals surface area (Å²) in [5.41, 5.74) is 0.463. The van der Waals surface area contributed by atoms with Gasteiger partial charge in [-0.2, -0.15) is 0 Å². The Morgan fingerprint density at radius 1 is 1.15 bits per heavy atom. The highest BCUT2D eigenvalue weighted by molar-refractivity contribution is 4.97. The molecule has 0 aromatic carbocycles. The van der Waals surface area contributed by atoms with Gasteiger partial charge in [-0.3, -0.25) is 0 Å². The van der Waals surface area contributed by atoms with Gasteiger partial charge in [0.05, 0.1) is 6.10 Å². The molecule has 3 heteroatoms. The lowest BCUT2D eigenvalue weighted by molar-refractivity contribution is 0.00977. The molecule has 0 aromatic rings. The third-order valence-corrected chi connectivity index (χ3v) is 5.33. The molecule has 20 heavy (non-hydrogen) atoms. The monoisotopic (exact) mass is 282 g/mol. The Bertz CT molecular complexity index is 285. The van der Waals surface area contributed by atoms with E-state index in [4.69, 9.17) is 4.74 Å². The molecule has 1 saturated carbocycles. The number of likely N-dealkylation sites (tertiary alicyclic amines) is 1. The maximum absolute atomic E-state index is 5.75. The van der Waals surface area contributed by atoms with Crippen molar-refractivity contribution in [1.29, 1.82) is 0 Å². The Balaban J connectivity index is 1.81. The molecular weight excluding hydrogens is 248 g/mol. The van der Waals surface area contributed by atoms with Crippen LogP contribution >= 0.6 is 0 Å². The van der Waals surface area contributed by atoms with Crippen LogP contribution in [-0.2, 0) is 4.74 Å². The number of hydrogen-bond donors (Lipinski definition) is 1. The van der Waals surface area contributed by atoms with E-state index >= 15 is 0 Å². The Morgan fingerprint density at radius 3 is 2.45 bits per heavy atom. The first-order valence-electron chi connectivity index (χ1n) is 8.64. The van der Waals surface area contributed by atoms with E-state index in [2.05, 4.69) is 37.9 Å². The zero-order valence-corrected chi connectivity index (χ0v) is 14.0. The molecule has 0 aromatic heterocycles. The summed E-state index contributed by atoms with van der Waals surface area (Å²) >= 11 is 0. The van der Waals surface area contributed by atoms with Crippen molar-refractivity contribution in [2.45, 2.75) is 65.5 Å². The van der Waals surface area contributed by atoms with Gasteiger partial charge in [-0.25, -0.2) is 0 Å². The second kappa shape index (κ2) is 7.24. The lowest BCUT2D eigenvalue weighted by Gasteiger charge is -2.37. The summed E-state index contributed by atoms with van der Waals surface area (Å²) in [5, 5.41) is 3.75. The van der Waals surface area contributed by atoms with Gasteiger partial charge in [-0.15, -0.1) is 0 Å². The molecule has 0 spiro atoms. The fraction of sp³-hybridized carbons (Fsp3) is 1.00. The van der Waals surface area contributed by atoms with Crippen molar-refractivity contribution in [3.63, 3.8) is 0 Å². The van der Waals surface area contributed by atoms with Crippen LogP contribution < -0.4 is 5.32 Å². The smallest absolute Gasteiger partial charge is 0.0599 e. The van der Waals surface area contributed by atoms with E-state index in [9.17, 15) is 0 Å². The van der Waals surface area contributed by atoms with Gasteiger partial charge in [0.25, 0.3) is 0 Å². The predicted octanol–water partition coefficient (Wildman–Crippen LogP) is 2.90. The van der Waals surface area contributed by atoms with Gasteiger partial charge in [0.1, 0.15) is 0 Å². The van der Waals surface area contributed by atoms with Crippen LogP contribution in [0.15, 0.2) is 0 Å². The number of nitrogens with zero attached hydrogens (tertiary/aromatic N) is 1. The molecule has 1 aliphatic carbocycles. The molecule has 2 rings (SSSR count). The van der Waals surface area contributed by atoms with E-state index in [0.29, 0.717) is 17.6 Å². The Hall–Kier alpha value is -0.120. The van der Waals surface area contributed by atoms with E-state index in [0.717, 1.165) is 19.1 Å². The van der Waals surface area contributed by atoms with Crippen LogP contribution in [0.4, 0.5) is 0 Å². The maximum atomic E-state index is 5.75. The van der Waals surface area contributed by atoms with Crippen molar-refractivity contribution in [1.82, 2.24) is 10.2 Å². The molecular formula is C17H34N2O. The summed E-state index contributed by atoms with van der Waals surface area (Å²) in [4.78, 5) is 2.67. The third kappa shape index (κ3) is 3.96. The molecule has 0 amide bonds. The van der Waals surface area contributed by atoms with Gasteiger partial charge in [-0.1, -0.05) is 20.8 Å². The number of rotatable bonds is 6. The number of nitrogens with one attached hydrogen (secondary N) is 1. The molecule has 0 bridgehead atoms. The van der Waals surface area contributed by atoms with E-state index in [1.807, 2.05) is 0 Å². The summed E-state index contributed by atoms with van der Waals surface area (Å²) in [6, 6.07) is 0.692. The van der Waals surface area contributed by atoms with E-state index in [1.165, 1.54) is 45.3 Å². The zero-order valence-electron chi connectivity index (χ0n) is 14.0. The molecule has 1 aliphatic heterocycles. The number of hydrogen-bond acceptors (Lipinski definition) is 3. The minimum atomic E-state index is 0.463. The highest BCUT2D eigenvalue weighted by atomic mass is 16.5. The van der Waals surface area contributed by atoms with E-state index in [1.54, 1.807) is 0 Å². The molecule has 2 aliphatic rings. The molecule has 1 heterocycles. The minimum absolute atomic E-state index is 0.463. The minimum Gasteiger partial charge on any atom is -0.378 e. The molecule has 0 radical (unpaired) electrons. The van der Waals surface area contributed by atoms with Crippen LogP contribution in [-0.4, -0.2) is 49.8 Å². The lowest BCUT2D eigenvalue weighted by atomic mass is 9.84. The third-order valence-electron chi connectivity index (χ3n) is 5.33. The highest BCUT2D eigenvalue weighted by Crippen LogP contribution is 2.41. The van der Waals surface area contributed by atoms with Crippen molar-refractivity contribution in [3.05, 3.63) is 0 Å². The summed E-state index contributed by atoms with van der Waals surface area (Å²) in [5.74, 6) is 0.827. The van der Waals surface area contributed by atoms with Crippen LogP contribution in [0, 0.1) is 11.3 Å². The van der Waals surface area contributed by atoms with Crippen molar-refractivity contribution < 1.29 is 4.74 Å². The Morgan fingerprint density at radius 2 is 1.85 bits per heavy atom. The summed E-state index contributed by atoms with van der Waals surface area (Å²) < 4.78 is 5.75. The highest BCUT2D eigenvalue weighted by Gasteiger charge is 2.41. The van der Waals surface area contributed by atoms with Crippen LogP contribution in [0.25, 0.3) is 0 Å². The van der Waals surface area contributed by atoms with Gasteiger partial charge >= 0.3 is 0 Å². The molecule has 1 N–H and O–H groups in total. The van der Waals surface area contributed by atoms with Crippen LogP contribution in [0.1, 0.15) is 53.4 Å². The Labute approximate surface area is 125 Å². The molecule has 2 fully saturated rings. The molecule has 2 atom stereocenters.